The number of carbonyl (C=O) groups excluding carboxylic acids is 3. The molecule has 2 aliphatic rings. The lowest BCUT2D eigenvalue weighted by atomic mass is 9.93. The highest BCUT2D eigenvalue weighted by Crippen LogP contribution is 2.30. The SMILES string of the molecule is CCCOC1CCN(C(=O)Cc2cc(C3NC(=O)NC(C)=C3C(=O)Nc3ccc4[nH]ncc4c3)ccc2F)C1. The Labute approximate surface area is 225 Å². The average molecular weight is 535 g/mol. The van der Waals surface area contributed by atoms with Crippen molar-refractivity contribution in [3.05, 3.63) is 70.8 Å². The first-order chi connectivity index (χ1) is 18.8. The van der Waals surface area contributed by atoms with Crippen LogP contribution in [0.25, 0.3) is 10.9 Å². The first kappa shape index (κ1) is 26.4. The molecule has 3 heterocycles. The summed E-state index contributed by atoms with van der Waals surface area (Å²) >= 11 is 0. The maximum atomic E-state index is 14.8. The maximum absolute atomic E-state index is 14.8. The molecule has 3 aromatic rings. The van der Waals surface area contributed by atoms with E-state index in [1.807, 2.05) is 6.92 Å². The lowest BCUT2D eigenvalue weighted by Gasteiger charge is -2.29. The van der Waals surface area contributed by atoms with Crippen molar-refractivity contribution >= 4 is 34.4 Å². The van der Waals surface area contributed by atoms with E-state index in [1.54, 1.807) is 42.3 Å². The molecule has 2 aromatic carbocycles. The minimum Gasteiger partial charge on any atom is -0.376 e. The van der Waals surface area contributed by atoms with E-state index in [1.165, 1.54) is 12.1 Å². The molecule has 1 aromatic heterocycles. The molecule has 1 saturated heterocycles. The van der Waals surface area contributed by atoms with Crippen LogP contribution < -0.4 is 16.0 Å². The Hall–Kier alpha value is -4.25. The summed E-state index contributed by atoms with van der Waals surface area (Å²) in [4.78, 5) is 40.5. The first-order valence-electron chi connectivity index (χ1n) is 13.0. The number of hydrogen-bond donors (Lipinski definition) is 4. The van der Waals surface area contributed by atoms with Gasteiger partial charge in [-0.3, -0.25) is 14.7 Å². The van der Waals surface area contributed by atoms with E-state index < -0.39 is 23.8 Å². The topological polar surface area (TPSA) is 128 Å². The highest BCUT2D eigenvalue weighted by Gasteiger charge is 2.32. The van der Waals surface area contributed by atoms with E-state index in [9.17, 15) is 18.8 Å². The van der Waals surface area contributed by atoms with E-state index in [0.717, 1.165) is 23.7 Å². The van der Waals surface area contributed by atoms with Crippen molar-refractivity contribution in [2.75, 3.05) is 25.0 Å². The molecule has 1 fully saturated rings. The normalized spacial score (nSPS) is 19.3. The fourth-order valence-corrected chi connectivity index (χ4v) is 5.02. The first-order valence-corrected chi connectivity index (χ1v) is 13.0. The van der Waals surface area contributed by atoms with Gasteiger partial charge in [0.2, 0.25) is 5.91 Å². The number of halogens is 1. The summed E-state index contributed by atoms with van der Waals surface area (Å²) in [7, 11) is 0. The number of aromatic amines is 1. The quantitative estimate of drug-likeness (QED) is 0.352. The molecule has 4 amide bonds. The van der Waals surface area contributed by atoms with Crippen LogP contribution in [-0.2, 0) is 20.7 Å². The average Bonchev–Trinajstić information content (AvgIpc) is 3.57. The molecule has 39 heavy (non-hydrogen) atoms. The number of rotatable bonds is 8. The van der Waals surface area contributed by atoms with Crippen LogP contribution in [0.4, 0.5) is 14.9 Å². The molecule has 204 valence electrons. The monoisotopic (exact) mass is 534 g/mol. The van der Waals surface area contributed by atoms with E-state index in [4.69, 9.17) is 4.74 Å². The van der Waals surface area contributed by atoms with E-state index >= 15 is 0 Å². The molecule has 0 saturated carbocycles. The van der Waals surface area contributed by atoms with Crippen molar-refractivity contribution in [1.82, 2.24) is 25.7 Å². The summed E-state index contributed by atoms with van der Waals surface area (Å²) in [6.45, 7) is 5.37. The number of nitrogens with one attached hydrogen (secondary N) is 4. The minimum absolute atomic E-state index is 0.00145. The van der Waals surface area contributed by atoms with Crippen LogP contribution in [0.2, 0.25) is 0 Å². The van der Waals surface area contributed by atoms with E-state index in [0.29, 0.717) is 36.6 Å². The second-order valence-electron chi connectivity index (χ2n) is 9.85. The maximum Gasteiger partial charge on any atom is 0.319 e. The summed E-state index contributed by atoms with van der Waals surface area (Å²) in [6.07, 6.45) is 3.18. The summed E-state index contributed by atoms with van der Waals surface area (Å²) in [6, 6.07) is 8.34. The zero-order chi connectivity index (χ0) is 27.5. The number of ether oxygens (including phenoxy) is 1. The standard InChI is InChI=1S/C28H31FN6O4/c1-3-10-39-21-8-9-35(15-21)24(36)13-18-11-17(4-6-22(18)29)26-25(16(2)31-28(38)33-26)27(37)32-20-5-7-23-19(12-20)14-30-34-23/h4-7,11-12,14,21,26H,3,8-10,13,15H2,1-2H3,(H,30,34)(H,32,37)(H2,31,33,38). The lowest BCUT2D eigenvalue weighted by Crippen LogP contribution is -2.46. The van der Waals surface area contributed by atoms with Crippen LogP contribution in [0.1, 0.15) is 43.9 Å². The van der Waals surface area contributed by atoms with Crippen molar-refractivity contribution in [2.24, 2.45) is 0 Å². The Morgan fingerprint density at radius 1 is 1.23 bits per heavy atom. The van der Waals surface area contributed by atoms with Gasteiger partial charge in [-0.25, -0.2) is 9.18 Å². The third-order valence-electron chi connectivity index (χ3n) is 7.01. The second kappa shape index (κ2) is 11.2. The number of carbonyl (C=O) groups is 3. The van der Waals surface area contributed by atoms with Gasteiger partial charge in [0.15, 0.2) is 0 Å². The summed E-state index contributed by atoms with van der Waals surface area (Å²) in [5, 5.41) is 16.0. The third kappa shape index (κ3) is 5.78. The third-order valence-corrected chi connectivity index (χ3v) is 7.01. The molecule has 0 spiro atoms. The number of nitrogens with zero attached hydrogens (tertiary/aromatic N) is 2. The highest BCUT2D eigenvalue weighted by molar-refractivity contribution is 6.07. The molecule has 0 bridgehead atoms. The van der Waals surface area contributed by atoms with Gasteiger partial charge >= 0.3 is 6.03 Å². The minimum atomic E-state index is -0.843. The Morgan fingerprint density at radius 2 is 2.08 bits per heavy atom. The number of allylic oxidation sites excluding steroid dienone is 1. The summed E-state index contributed by atoms with van der Waals surface area (Å²) in [5.74, 6) is -1.14. The van der Waals surface area contributed by atoms with E-state index in [-0.39, 0.29) is 29.6 Å². The summed E-state index contributed by atoms with van der Waals surface area (Å²) in [5.41, 5.74) is 2.74. The Bertz CT molecular complexity index is 1450. The smallest absolute Gasteiger partial charge is 0.319 e. The van der Waals surface area contributed by atoms with E-state index in [2.05, 4.69) is 26.1 Å². The van der Waals surface area contributed by atoms with Gasteiger partial charge in [-0.2, -0.15) is 5.10 Å². The zero-order valence-corrected chi connectivity index (χ0v) is 21.8. The van der Waals surface area contributed by atoms with Gasteiger partial charge in [0.05, 0.1) is 35.9 Å². The van der Waals surface area contributed by atoms with Crippen LogP contribution in [0, 0.1) is 5.82 Å². The fourth-order valence-electron chi connectivity index (χ4n) is 5.02. The van der Waals surface area contributed by atoms with Crippen molar-refractivity contribution in [3.8, 4) is 0 Å². The molecular weight excluding hydrogens is 503 g/mol. The number of H-pyrrole nitrogens is 1. The van der Waals surface area contributed by atoms with Gasteiger partial charge in [0, 0.05) is 36.5 Å². The predicted octanol–water partition coefficient (Wildman–Crippen LogP) is 3.54. The molecule has 0 aliphatic carbocycles. The van der Waals surface area contributed by atoms with Crippen molar-refractivity contribution in [3.63, 3.8) is 0 Å². The predicted molar refractivity (Wildman–Crippen MR) is 143 cm³/mol. The number of benzene rings is 2. The van der Waals surface area contributed by atoms with Gasteiger partial charge < -0.3 is 25.6 Å². The molecule has 11 heteroatoms. The second-order valence-corrected chi connectivity index (χ2v) is 9.85. The molecule has 4 N–H and O–H groups in total. The molecule has 2 aliphatic heterocycles. The number of urea groups is 1. The molecule has 0 radical (unpaired) electrons. The van der Waals surface area contributed by atoms with Crippen LogP contribution in [0.3, 0.4) is 0 Å². The van der Waals surface area contributed by atoms with Gasteiger partial charge in [0.1, 0.15) is 5.82 Å². The highest BCUT2D eigenvalue weighted by atomic mass is 19.1. The van der Waals surface area contributed by atoms with Gasteiger partial charge in [-0.05, 0) is 61.2 Å². The van der Waals surface area contributed by atoms with Crippen LogP contribution in [-0.4, -0.2) is 58.7 Å². The van der Waals surface area contributed by atoms with Crippen molar-refractivity contribution in [2.45, 2.75) is 45.3 Å². The summed E-state index contributed by atoms with van der Waals surface area (Å²) < 4.78 is 20.6. The number of likely N-dealkylation sites (tertiary alicyclic amines) is 1. The Morgan fingerprint density at radius 3 is 2.90 bits per heavy atom. The van der Waals surface area contributed by atoms with Gasteiger partial charge in [-0.15, -0.1) is 0 Å². The Kier molecular flexibility index (Phi) is 7.60. The van der Waals surface area contributed by atoms with Crippen LogP contribution in [0.5, 0.6) is 0 Å². The van der Waals surface area contributed by atoms with Crippen molar-refractivity contribution < 1.29 is 23.5 Å². The Balaban J connectivity index is 1.35. The number of amides is 4. The molecule has 10 nitrogen and oxygen atoms in total. The molecule has 5 rings (SSSR count). The van der Waals surface area contributed by atoms with Gasteiger partial charge in [-0.1, -0.05) is 13.0 Å². The number of aromatic nitrogens is 2. The van der Waals surface area contributed by atoms with Crippen molar-refractivity contribution in [1.29, 1.82) is 0 Å². The number of fused-ring (bicyclic) bond motifs is 1. The van der Waals surface area contributed by atoms with Gasteiger partial charge in [0.25, 0.3) is 5.91 Å². The molecule has 2 atom stereocenters. The lowest BCUT2D eigenvalue weighted by molar-refractivity contribution is -0.130. The molecule has 2 unspecified atom stereocenters. The number of hydrogen-bond acceptors (Lipinski definition) is 5. The van der Waals surface area contributed by atoms with Crippen LogP contribution >= 0.6 is 0 Å². The molecular formula is C28H31FN6O4. The number of anilines is 1. The fraction of sp³-hybridized carbons (Fsp3) is 0.357. The van der Waals surface area contributed by atoms with Crippen LogP contribution in [0.15, 0.2) is 53.9 Å². The zero-order valence-electron chi connectivity index (χ0n) is 21.8. The largest absolute Gasteiger partial charge is 0.376 e.